The Morgan fingerprint density at radius 1 is 0.287 bits per heavy atom. The van der Waals surface area contributed by atoms with E-state index in [4.69, 9.17) is 37.9 Å². The fraction of sp³-hybridized carbons (Fsp3) is 0.561. The normalized spacial score (nSPS) is 14.0. The van der Waals surface area contributed by atoms with Crippen LogP contribution in [0.25, 0.3) is 0 Å². The number of hydrogen-bond acceptors (Lipinski definition) is 12. The summed E-state index contributed by atoms with van der Waals surface area (Å²) in [5.41, 5.74) is 7.92. The van der Waals surface area contributed by atoms with Gasteiger partial charge in [0.1, 0.15) is 34.5 Å². The first-order chi connectivity index (χ1) is 44.2. The topological polar surface area (TPSA) is 155 Å². The van der Waals surface area contributed by atoms with E-state index in [0.717, 1.165) is 75.7 Å². The zero-order chi connectivity index (χ0) is 69.6. The minimum atomic E-state index is -0.261. The van der Waals surface area contributed by atoms with Gasteiger partial charge in [-0.1, -0.05) is 142 Å². The van der Waals surface area contributed by atoms with Crippen molar-refractivity contribution in [3.8, 4) is 34.5 Å². The molecule has 0 aliphatic heterocycles. The van der Waals surface area contributed by atoms with Crippen LogP contribution in [0.3, 0.4) is 0 Å². The third kappa shape index (κ3) is 34.0. The predicted octanol–water partition coefficient (Wildman–Crippen LogP) is 19.3. The van der Waals surface area contributed by atoms with E-state index >= 15 is 0 Å². The maximum Gasteiger partial charge on any atom is 0.196 e. The quantitative estimate of drug-likeness (QED) is 0.0214. The highest BCUT2D eigenvalue weighted by molar-refractivity contribution is 5.32. The van der Waals surface area contributed by atoms with Gasteiger partial charge in [0.15, 0.2) is 12.6 Å². The molecular weight excluding hydrogens is 1180 g/mol. The van der Waals surface area contributed by atoms with E-state index in [1.165, 1.54) is 33.4 Å². The van der Waals surface area contributed by atoms with Crippen LogP contribution in [0, 0.1) is 32.5 Å². The van der Waals surface area contributed by atoms with E-state index in [-0.39, 0.29) is 57.3 Å². The Bertz CT molecular complexity index is 2770. The smallest absolute Gasteiger partial charge is 0.196 e. The minimum Gasteiger partial charge on any atom is -0.508 e. The summed E-state index contributed by atoms with van der Waals surface area (Å²) >= 11 is 0. The van der Waals surface area contributed by atoms with Crippen molar-refractivity contribution in [1.82, 2.24) is 0 Å². The molecule has 4 N–H and O–H groups in total. The molecule has 0 bridgehead atoms. The van der Waals surface area contributed by atoms with Crippen LogP contribution in [0.4, 0.5) is 0 Å². The van der Waals surface area contributed by atoms with Crippen LogP contribution in [0.2, 0.25) is 0 Å². The maximum atomic E-state index is 9.84. The zero-order valence-corrected chi connectivity index (χ0v) is 60.9. The Hall–Kier alpha value is -6.12. The molecule has 6 rings (SSSR count). The Labute approximate surface area is 568 Å². The van der Waals surface area contributed by atoms with E-state index in [9.17, 15) is 20.4 Å². The first-order valence-corrected chi connectivity index (χ1v) is 34.4. The number of benzene rings is 6. The molecule has 522 valence electrons. The summed E-state index contributed by atoms with van der Waals surface area (Å²) in [5, 5.41) is 39.1. The first kappa shape index (κ1) is 80.3. The maximum absolute atomic E-state index is 9.84. The van der Waals surface area contributed by atoms with Gasteiger partial charge < -0.3 is 58.3 Å². The van der Waals surface area contributed by atoms with E-state index in [1.54, 1.807) is 48.5 Å². The van der Waals surface area contributed by atoms with E-state index in [0.29, 0.717) is 75.9 Å². The van der Waals surface area contributed by atoms with E-state index in [1.807, 2.05) is 104 Å². The molecule has 0 spiro atoms. The molecule has 4 unspecified atom stereocenters. The molecule has 0 aliphatic rings. The van der Waals surface area contributed by atoms with Crippen molar-refractivity contribution >= 4 is 0 Å². The minimum absolute atomic E-state index is 0.0386. The molecule has 0 saturated carbocycles. The zero-order valence-electron chi connectivity index (χ0n) is 60.9. The highest BCUT2D eigenvalue weighted by atomic mass is 16.7. The molecule has 6 aromatic carbocycles. The van der Waals surface area contributed by atoms with Crippen molar-refractivity contribution in [2.75, 3.05) is 52.9 Å². The first-order valence-electron chi connectivity index (χ1n) is 34.4. The van der Waals surface area contributed by atoms with Crippen molar-refractivity contribution in [3.63, 3.8) is 0 Å². The standard InChI is InChI=1S/2C35H48O4.C12H26O4/c2*1-8-38-26(2)39-32-19-13-28(14-20-32)22-34(5,6)25-35(7,23-29-11-17-31(37)18-12-29)24-33(3,4)21-27-9-15-30(36)16-10-27;1-11(2)15-9-7-13-5-6-14-8-10-16-12(3)4/h2*9-20,26,36-37H,8,21-25H2,1-7H3;11-12H,5-10H2,1-4H3. The molecule has 0 aromatic heterocycles. The van der Waals surface area contributed by atoms with Gasteiger partial charge in [-0.3, -0.25) is 0 Å². The van der Waals surface area contributed by atoms with Crippen LogP contribution >= 0.6 is 0 Å². The lowest BCUT2D eigenvalue weighted by molar-refractivity contribution is -0.0616. The summed E-state index contributed by atoms with van der Waals surface area (Å²) in [5.74, 6) is 2.86. The molecule has 4 atom stereocenters. The Balaban J connectivity index is 0.000000327. The van der Waals surface area contributed by atoms with Gasteiger partial charge in [0.05, 0.1) is 51.8 Å². The highest BCUT2D eigenvalue weighted by Crippen LogP contribution is 2.49. The summed E-state index contributed by atoms with van der Waals surface area (Å²) in [7, 11) is 0. The van der Waals surface area contributed by atoms with Crippen LogP contribution in [-0.2, 0) is 66.9 Å². The Morgan fingerprint density at radius 3 is 0.723 bits per heavy atom. The van der Waals surface area contributed by atoms with Gasteiger partial charge in [-0.05, 0) is 258 Å². The van der Waals surface area contributed by atoms with Gasteiger partial charge in [-0.15, -0.1) is 0 Å². The molecule has 94 heavy (non-hydrogen) atoms. The fourth-order valence-electron chi connectivity index (χ4n) is 14.2. The SMILES string of the molecule is CC(C)OCCOCCOCCOC(C)C.CCOC(C)Oc1ccc(CC(C)(C)CC(C)(Cc2ccc(O)cc2)CC(C)(C)Cc2ccc(O)cc2)cc1.CCOC(C)Oc1ccc(CC(C)(C)CC(C)(Cc2ccc(O)cc2)CC(C)(C)Cc2ccc(O)cc2)cc1. The third-order valence-corrected chi connectivity index (χ3v) is 16.3. The number of rotatable bonds is 39. The van der Waals surface area contributed by atoms with E-state index in [2.05, 4.69) is 118 Å². The van der Waals surface area contributed by atoms with Crippen LogP contribution in [0.1, 0.15) is 184 Å². The van der Waals surface area contributed by atoms with Crippen LogP contribution in [0.5, 0.6) is 34.5 Å². The number of phenolic OH excluding ortho intramolecular Hbond substituents is 4. The molecular formula is C82H122O12. The third-order valence-electron chi connectivity index (χ3n) is 16.3. The van der Waals surface area contributed by atoms with Gasteiger partial charge in [0.2, 0.25) is 0 Å². The fourth-order valence-corrected chi connectivity index (χ4v) is 14.2. The number of aromatic hydroxyl groups is 4. The van der Waals surface area contributed by atoms with E-state index < -0.39 is 0 Å². The summed E-state index contributed by atoms with van der Waals surface area (Å²) in [6.07, 6.45) is 9.94. The van der Waals surface area contributed by atoms with Gasteiger partial charge in [0, 0.05) is 13.2 Å². The second kappa shape index (κ2) is 39.2. The molecule has 0 fully saturated rings. The largest absolute Gasteiger partial charge is 0.508 e. The van der Waals surface area contributed by atoms with Gasteiger partial charge >= 0.3 is 0 Å². The van der Waals surface area contributed by atoms with Crippen LogP contribution < -0.4 is 9.47 Å². The number of hydrogen-bond donors (Lipinski definition) is 4. The number of phenols is 4. The monoisotopic (exact) mass is 1300 g/mol. The molecule has 0 amide bonds. The summed E-state index contributed by atoms with van der Waals surface area (Å²) in [6, 6.07) is 47.4. The Kier molecular flexibility index (Phi) is 33.5. The average molecular weight is 1300 g/mol. The average Bonchev–Trinajstić information content (AvgIpc) is 0.849. The molecule has 0 aliphatic carbocycles. The molecule has 12 nitrogen and oxygen atoms in total. The van der Waals surface area contributed by atoms with Gasteiger partial charge in [-0.2, -0.15) is 0 Å². The van der Waals surface area contributed by atoms with Gasteiger partial charge in [-0.25, -0.2) is 0 Å². The molecule has 12 heteroatoms. The van der Waals surface area contributed by atoms with Crippen molar-refractivity contribution in [2.24, 2.45) is 32.5 Å². The van der Waals surface area contributed by atoms with Crippen molar-refractivity contribution < 1.29 is 58.3 Å². The summed E-state index contributed by atoms with van der Waals surface area (Å²) in [6.45, 7) is 44.6. The van der Waals surface area contributed by atoms with Gasteiger partial charge in [0.25, 0.3) is 0 Å². The molecule has 0 saturated heterocycles. The van der Waals surface area contributed by atoms with Crippen molar-refractivity contribution in [2.45, 2.75) is 214 Å². The van der Waals surface area contributed by atoms with Crippen LogP contribution in [0.15, 0.2) is 146 Å². The summed E-state index contributed by atoms with van der Waals surface area (Å²) < 4.78 is 44.0. The molecule has 0 radical (unpaired) electrons. The molecule has 0 heterocycles. The lowest BCUT2D eigenvalue weighted by Gasteiger charge is -2.43. The lowest BCUT2D eigenvalue weighted by Crippen LogP contribution is -2.34. The molecule has 6 aromatic rings. The number of ether oxygens (including phenoxy) is 8. The Morgan fingerprint density at radius 2 is 0.500 bits per heavy atom. The lowest BCUT2D eigenvalue weighted by atomic mass is 9.62. The van der Waals surface area contributed by atoms with Crippen molar-refractivity contribution in [3.05, 3.63) is 179 Å². The second-order valence-corrected chi connectivity index (χ2v) is 30.3. The van der Waals surface area contributed by atoms with Crippen LogP contribution in [-0.4, -0.2) is 98.1 Å². The summed E-state index contributed by atoms with van der Waals surface area (Å²) in [4.78, 5) is 0. The predicted molar refractivity (Wildman–Crippen MR) is 385 cm³/mol. The van der Waals surface area contributed by atoms with Crippen molar-refractivity contribution in [1.29, 1.82) is 0 Å². The highest BCUT2D eigenvalue weighted by Gasteiger charge is 2.39. The second-order valence-electron chi connectivity index (χ2n) is 30.3.